The molecule has 2 N–H and O–H groups in total. The summed E-state index contributed by atoms with van der Waals surface area (Å²) >= 11 is 0. The molecule has 0 aromatic carbocycles. The number of H-pyrrole nitrogens is 1. The number of β-amino-alcohol motifs (C(OH)–C–C–N with tert-alkyl or cyclic N) is 1. The largest absolute Gasteiger partial charge is 0.389 e. The highest BCUT2D eigenvalue weighted by molar-refractivity contribution is 4.96. The minimum Gasteiger partial charge on any atom is -0.389 e. The summed E-state index contributed by atoms with van der Waals surface area (Å²) in [6, 6.07) is 0. The van der Waals surface area contributed by atoms with Crippen LogP contribution in [0.5, 0.6) is 0 Å². The molecule has 2 rings (SSSR count). The molecule has 108 valence electrons. The van der Waals surface area contributed by atoms with E-state index in [0.29, 0.717) is 32.1 Å². The molecule has 0 aliphatic carbocycles. The van der Waals surface area contributed by atoms with Gasteiger partial charge in [0.15, 0.2) is 5.82 Å². The Labute approximate surface area is 112 Å². The summed E-state index contributed by atoms with van der Waals surface area (Å²) in [7, 11) is 1.59. The number of rotatable bonds is 6. The number of nitrogens with zero attached hydrogens (tertiary/aromatic N) is 3. The van der Waals surface area contributed by atoms with Gasteiger partial charge in [-0.25, -0.2) is 4.98 Å². The predicted molar refractivity (Wildman–Crippen MR) is 68.8 cm³/mol. The number of aryl methyl sites for hydroxylation is 1. The van der Waals surface area contributed by atoms with Gasteiger partial charge in [0.2, 0.25) is 0 Å². The SMILES string of the molecule is CCc1nc([C@H]2CN(C[C@@H](O)COC)CCO2)n[nH]1. The Kier molecular flexibility index (Phi) is 5.26. The summed E-state index contributed by atoms with van der Waals surface area (Å²) in [5, 5.41) is 16.8. The molecule has 1 aromatic heterocycles. The molecule has 0 unspecified atom stereocenters. The summed E-state index contributed by atoms with van der Waals surface area (Å²) in [6.45, 7) is 5.09. The number of ether oxygens (including phenoxy) is 2. The van der Waals surface area contributed by atoms with Crippen molar-refractivity contribution >= 4 is 0 Å². The van der Waals surface area contributed by atoms with Crippen LogP contribution in [0.1, 0.15) is 24.7 Å². The van der Waals surface area contributed by atoms with E-state index in [4.69, 9.17) is 9.47 Å². The van der Waals surface area contributed by atoms with Crippen LogP contribution in [-0.2, 0) is 15.9 Å². The lowest BCUT2D eigenvalue weighted by molar-refractivity contribution is -0.0526. The summed E-state index contributed by atoms with van der Waals surface area (Å²) in [5.41, 5.74) is 0. The lowest BCUT2D eigenvalue weighted by Gasteiger charge is -2.32. The molecule has 1 aliphatic rings. The first-order chi connectivity index (χ1) is 9.22. The van der Waals surface area contributed by atoms with Crippen LogP contribution in [-0.4, -0.2) is 71.2 Å². The predicted octanol–water partition coefficient (Wildman–Crippen LogP) is -0.252. The van der Waals surface area contributed by atoms with E-state index in [0.717, 1.165) is 18.8 Å². The van der Waals surface area contributed by atoms with Crippen LogP contribution in [0, 0.1) is 0 Å². The van der Waals surface area contributed by atoms with Crippen molar-refractivity contribution in [2.24, 2.45) is 0 Å². The first-order valence-electron chi connectivity index (χ1n) is 6.65. The molecule has 7 nitrogen and oxygen atoms in total. The number of hydrogen-bond acceptors (Lipinski definition) is 6. The fraction of sp³-hybridized carbons (Fsp3) is 0.833. The zero-order valence-corrected chi connectivity index (χ0v) is 11.5. The Balaban J connectivity index is 1.89. The summed E-state index contributed by atoms with van der Waals surface area (Å²) < 4.78 is 10.6. The van der Waals surface area contributed by atoms with Gasteiger partial charge in [0.05, 0.1) is 19.3 Å². The van der Waals surface area contributed by atoms with E-state index in [1.807, 2.05) is 6.92 Å². The van der Waals surface area contributed by atoms with Gasteiger partial charge in [0.1, 0.15) is 11.9 Å². The number of nitrogens with one attached hydrogen (secondary N) is 1. The number of aliphatic hydroxyl groups excluding tert-OH is 1. The van der Waals surface area contributed by atoms with Gasteiger partial charge in [0.25, 0.3) is 0 Å². The average molecular weight is 270 g/mol. The number of aromatic nitrogens is 3. The Morgan fingerprint density at radius 2 is 2.47 bits per heavy atom. The first-order valence-corrected chi connectivity index (χ1v) is 6.65. The van der Waals surface area contributed by atoms with Crippen molar-refractivity contribution in [2.45, 2.75) is 25.6 Å². The van der Waals surface area contributed by atoms with Crippen LogP contribution >= 0.6 is 0 Å². The number of morpholine rings is 1. The molecule has 1 fully saturated rings. The quantitative estimate of drug-likeness (QED) is 0.741. The lowest BCUT2D eigenvalue weighted by Crippen LogP contribution is -2.43. The monoisotopic (exact) mass is 270 g/mol. The molecule has 0 spiro atoms. The lowest BCUT2D eigenvalue weighted by atomic mass is 10.2. The molecular formula is C12H22N4O3. The number of methoxy groups -OCH3 is 1. The van der Waals surface area contributed by atoms with Crippen molar-refractivity contribution in [2.75, 3.05) is 40.0 Å². The summed E-state index contributed by atoms with van der Waals surface area (Å²) in [6.07, 6.45) is 0.234. The molecule has 0 amide bonds. The minimum atomic E-state index is -0.470. The van der Waals surface area contributed by atoms with Crippen LogP contribution in [0.3, 0.4) is 0 Å². The molecule has 0 saturated carbocycles. The second-order valence-electron chi connectivity index (χ2n) is 4.72. The van der Waals surface area contributed by atoms with Gasteiger partial charge in [0, 0.05) is 33.2 Å². The highest BCUT2D eigenvalue weighted by Gasteiger charge is 2.26. The van der Waals surface area contributed by atoms with Gasteiger partial charge in [-0.2, -0.15) is 5.10 Å². The van der Waals surface area contributed by atoms with Crippen molar-refractivity contribution in [1.29, 1.82) is 0 Å². The maximum atomic E-state index is 9.76. The Hall–Kier alpha value is -1.02. The zero-order valence-electron chi connectivity index (χ0n) is 11.5. The molecule has 2 atom stereocenters. The van der Waals surface area contributed by atoms with Crippen molar-refractivity contribution in [3.63, 3.8) is 0 Å². The van der Waals surface area contributed by atoms with Crippen molar-refractivity contribution in [3.8, 4) is 0 Å². The summed E-state index contributed by atoms with van der Waals surface area (Å²) in [4.78, 5) is 6.55. The highest BCUT2D eigenvalue weighted by atomic mass is 16.5. The van der Waals surface area contributed by atoms with Gasteiger partial charge in [-0.1, -0.05) is 6.92 Å². The molecule has 1 aliphatic heterocycles. The van der Waals surface area contributed by atoms with Crippen LogP contribution in [0.4, 0.5) is 0 Å². The molecule has 7 heteroatoms. The third kappa shape index (κ3) is 3.97. The van der Waals surface area contributed by atoms with Crippen molar-refractivity contribution in [3.05, 3.63) is 11.6 Å². The van der Waals surface area contributed by atoms with E-state index in [1.165, 1.54) is 0 Å². The molecule has 1 saturated heterocycles. The Morgan fingerprint density at radius 1 is 1.63 bits per heavy atom. The van der Waals surface area contributed by atoms with Crippen LogP contribution in [0.15, 0.2) is 0 Å². The topological polar surface area (TPSA) is 83.5 Å². The van der Waals surface area contributed by atoms with E-state index < -0.39 is 6.10 Å². The number of aromatic amines is 1. The van der Waals surface area contributed by atoms with Gasteiger partial charge in [-0.05, 0) is 0 Å². The first kappa shape index (κ1) is 14.4. The average Bonchev–Trinajstić information content (AvgIpc) is 2.88. The molecule has 2 heterocycles. The van der Waals surface area contributed by atoms with Crippen LogP contribution in [0.25, 0.3) is 0 Å². The maximum Gasteiger partial charge on any atom is 0.180 e. The second kappa shape index (κ2) is 6.95. The normalized spacial score (nSPS) is 22.6. The van der Waals surface area contributed by atoms with Gasteiger partial charge < -0.3 is 14.6 Å². The molecular weight excluding hydrogens is 248 g/mol. The van der Waals surface area contributed by atoms with Gasteiger partial charge >= 0.3 is 0 Å². The standard InChI is InChI=1S/C12H22N4O3/c1-3-11-13-12(15-14-11)10-7-16(4-5-19-10)6-9(17)8-18-2/h9-10,17H,3-8H2,1-2H3,(H,13,14,15)/t9-,10-/m1/s1. The highest BCUT2D eigenvalue weighted by Crippen LogP contribution is 2.19. The summed E-state index contributed by atoms with van der Waals surface area (Å²) in [5.74, 6) is 1.57. The third-order valence-corrected chi connectivity index (χ3v) is 3.15. The van der Waals surface area contributed by atoms with E-state index >= 15 is 0 Å². The Morgan fingerprint density at radius 3 is 3.16 bits per heavy atom. The van der Waals surface area contributed by atoms with E-state index in [9.17, 15) is 5.11 Å². The van der Waals surface area contributed by atoms with E-state index in [2.05, 4.69) is 20.1 Å². The zero-order chi connectivity index (χ0) is 13.7. The maximum absolute atomic E-state index is 9.76. The molecule has 1 aromatic rings. The fourth-order valence-electron chi connectivity index (χ4n) is 2.18. The Bertz CT molecular complexity index is 385. The van der Waals surface area contributed by atoms with Crippen molar-refractivity contribution < 1.29 is 14.6 Å². The van der Waals surface area contributed by atoms with Crippen LogP contribution < -0.4 is 0 Å². The van der Waals surface area contributed by atoms with Crippen molar-refractivity contribution in [1.82, 2.24) is 20.1 Å². The number of hydrogen-bond donors (Lipinski definition) is 2. The van der Waals surface area contributed by atoms with Crippen LogP contribution in [0.2, 0.25) is 0 Å². The number of aliphatic hydroxyl groups is 1. The minimum absolute atomic E-state index is 0.125. The van der Waals surface area contributed by atoms with Gasteiger partial charge in [-0.15, -0.1) is 0 Å². The molecule has 19 heavy (non-hydrogen) atoms. The third-order valence-electron chi connectivity index (χ3n) is 3.15. The second-order valence-corrected chi connectivity index (χ2v) is 4.72. The fourth-order valence-corrected chi connectivity index (χ4v) is 2.18. The van der Waals surface area contributed by atoms with E-state index in [-0.39, 0.29) is 6.10 Å². The smallest absolute Gasteiger partial charge is 0.180 e. The molecule has 0 bridgehead atoms. The molecule has 0 radical (unpaired) electrons. The van der Waals surface area contributed by atoms with Gasteiger partial charge in [-0.3, -0.25) is 10.00 Å². The van der Waals surface area contributed by atoms with E-state index in [1.54, 1.807) is 7.11 Å².